The maximum absolute atomic E-state index is 12.2. The number of thiophene rings is 1. The number of ether oxygens (including phenoxy) is 2. The molecule has 1 aromatic carbocycles. The number of benzene rings is 1. The molecule has 0 fully saturated rings. The third-order valence-corrected chi connectivity index (χ3v) is 4.38. The fraction of sp³-hybridized carbons (Fsp3) is 0.333. The van der Waals surface area contributed by atoms with Crippen LogP contribution in [0.15, 0.2) is 18.2 Å². The van der Waals surface area contributed by atoms with Gasteiger partial charge in [0.2, 0.25) is 0 Å². The van der Waals surface area contributed by atoms with Crippen LogP contribution in [0.4, 0.5) is 5.69 Å². The molecular formula is C15H17NO4S. The highest BCUT2D eigenvalue weighted by atomic mass is 32.1. The standard InChI is InChI=1S/C15H17NO4S/c1-8(15(18)20-3)4-11(17)14-6-9-5-10(16)12(19-2)7-13(9)21-14/h5-8H,4,16H2,1-3H3. The van der Waals surface area contributed by atoms with Crippen LogP contribution in [0.5, 0.6) is 5.75 Å². The lowest BCUT2D eigenvalue weighted by Crippen LogP contribution is -2.16. The van der Waals surface area contributed by atoms with Gasteiger partial charge in [-0.15, -0.1) is 11.3 Å². The molecule has 0 amide bonds. The molecule has 1 heterocycles. The number of nitrogen functional groups attached to an aromatic ring is 1. The van der Waals surface area contributed by atoms with E-state index in [9.17, 15) is 9.59 Å². The van der Waals surface area contributed by atoms with Gasteiger partial charge >= 0.3 is 5.97 Å². The van der Waals surface area contributed by atoms with E-state index in [0.717, 1.165) is 10.1 Å². The molecule has 5 nitrogen and oxygen atoms in total. The molecule has 2 rings (SSSR count). The van der Waals surface area contributed by atoms with Crippen molar-refractivity contribution in [1.29, 1.82) is 0 Å². The summed E-state index contributed by atoms with van der Waals surface area (Å²) < 4.78 is 10.7. The molecule has 0 bridgehead atoms. The number of hydrogen-bond acceptors (Lipinski definition) is 6. The molecule has 21 heavy (non-hydrogen) atoms. The molecule has 0 radical (unpaired) electrons. The minimum atomic E-state index is -0.452. The number of ketones is 1. The summed E-state index contributed by atoms with van der Waals surface area (Å²) in [6.07, 6.45) is 0.131. The van der Waals surface area contributed by atoms with Gasteiger partial charge in [-0.3, -0.25) is 9.59 Å². The molecule has 0 saturated heterocycles. The highest BCUT2D eigenvalue weighted by molar-refractivity contribution is 7.20. The number of Topliss-reactive ketones (excluding diaryl/α,β-unsaturated/α-hetero) is 1. The van der Waals surface area contributed by atoms with Crippen molar-refractivity contribution in [2.24, 2.45) is 5.92 Å². The van der Waals surface area contributed by atoms with E-state index >= 15 is 0 Å². The Kier molecular flexibility index (Phi) is 4.47. The van der Waals surface area contributed by atoms with Gasteiger partial charge in [0.1, 0.15) is 5.75 Å². The van der Waals surface area contributed by atoms with E-state index in [1.807, 2.05) is 6.07 Å². The Morgan fingerprint density at radius 1 is 1.29 bits per heavy atom. The van der Waals surface area contributed by atoms with Gasteiger partial charge in [-0.25, -0.2) is 0 Å². The lowest BCUT2D eigenvalue weighted by atomic mass is 10.0. The molecule has 112 valence electrons. The van der Waals surface area contributed by atoms with Crippen LogP contribution < -0.4 is 10.5 Å². The smallest absolute Gasteiger partial charge is 0.308 e. The fourth-order valence-corrected chi connectivity index (χ4v) is 3.08. The van der Waals surface area contributed by atoms with Gasteiger partial charge < -0.3 is 15.2 Å². The molecule has 1 atom stereocenters. The number of nitrogens with two attached hydrogens (primary N) is 1. The van der Waals surface area contributed by atoms with E-state index in [0.29, 0.717) is 16.3 Å². The van der Waals surface area contributed by atoms with E-state index in [4.69, 9.17) is 10.5 Å². The van der Waals surface area contributed by atoms with Gasteiger partial charge in [0.05, 0.1) is 30.7 Å². The molecule has 0 aliphatic rings. The summed E-state index contributed by atoms with van der Waals surface area (Å²) in [6, 6.07) is 5.39. The van der Waals surface area contributed by atoms with Crippen LogP contribution in [0.1, 0.15) is 23.0 Å². The molecule has 2 aromatic rings. The first-order valence-electron chi connectivity index (χ1n) is 6.44. The summed E-state index contributed by atoms with van der Waals surface area (Å²) in [5.41, 5.74) is 6.39. The first-order chi connectivity index (χ1) is 9.96. The Morgan fingerprint density at radius 3 is 2.62 bits per heavy atom. The molecule has 1 unspecified atom stereocenters. The SMILES string of the molecule is COC(=O)C(C)CC(=O)c1cc2cc(N)c(OC)cc2s1. The molecule has 1 aromatic heterocycles. The lowest BCUT2D eigenvalue weighted by Gasteiger charge is -2.06. The third-order valence-electron chi connectivity index (χ3n) is 3.24. The number of methoxy groups -OCH3 is 2. The van der Waals surface area contributed by atoms with E-state index in [2.05, 4.69) is 4.74 Å². The first-order valence-corrected chi connectivity index (χ1v) is 7.26. The van der Waals surface area contributed by atoms with Crippen LogP contribution in [0.2, 0.25) is 0 Å². The van der Waals surface area contributed by atoms with Crippen molar-refractivity contribution in [3.8, 4) is 5.75 Å². The van der Waals surface area contributed by atoms with Crippen molar-refractivity contribution in [2.45, 2.75) is 13.3 Å². The second-order valence-corrected chi connectivity index (χ2v) is 5.88. The number of esters is 1. The van der Waals surface area contributed by atoms with E-state index < -0.39 is 5.92 Å². The molecule has 0 saturated carbocycles. The highest BCUT2D eigenvalue weighted by Crippen LogP contribution is 2.34. The zero-order chi connectivity index (χ0) is 15.6. The molecular weight excluding hydrogens is 290 g/mol. The topological polar surface area (TPSA) is 78.6 Å². The summed E-state index contributed by atoms with van der Waals surface area (Å²) >= 11 is 1.37. The summed E-state index contributed by atoms with van der Waals surface area (Å²) in [5, 5.41) is 0.896. The van der Waals surface area contributed by atoms with Crippen molar-refractivity contribution < 1.29 is 19.1 Å². The Labute approximate surface area is 126 Å². The molecule has 0 aliphatic heterocycles. The van der Waals surface area contributed by atoms with Gasteiger partial charge in [0.15, 0.2) is 5.78 Å². The monoisotopic (exact) mass is 307 g/mol. The summed E-state index contributed by atoms with van der Waals surface area (Å²) in [4.78, 5) is 24.2. The maximum Gasteiger partial charge on any atom is 0.308 e. The van der Waals surface area contributed by atoms with Gasteiger partial charge in [0.25, 0.3) is 0 Å². The second-order valence-electron chi connectivity index (χ2n) is 4.79. The van der Waals surface area contributed by atoms with Crippen LogP contribution in [0, 0.1) is 5.92 Å². The number of fused-ring (bicyclic) bond motifs is 1. The zero-order valence-electron chi connectivity index (χ0n) is 12.1. The average molecular weight is 307 g/mol. The minimum absolute atomic E-state index is 0.0772. The van der Waals surface area contributed by atoms with E-state index in [1.54, 1.807) is 26.2 Å². The predicted octanol–water partition coefficient (Wildman–Crippen LogP) is 2.87. The number of hydrogen-bond donors (Lipinski definition) is 1. The number of rotatable bonds is 5. The maximum atomic E-state index is 12.2. The average Bonchev–Trinajstić information content (AvgIpc) is 2.87. The predicted molar refractivity (Wildman–Crippen MR) is 82.9 cm³/mol. The second kappa shape index (κ2) is 6.13. The van der Waals surface area contributed by atoms with E-state index in [1.165, 1.54) is 18.4 Å². The van der Waals surface area contributed by atoms with Gasteiger partial charge in [-0.1, -0.05) is 6.92 Å². The Hall–Kier alpha value is -2.08. The quantitative estimate of drug-likeness (QED) is 0.522. The molecule has 0 spiro atoms. The van der Waals surface area contributed by atoms with Crippen LogP contribution >= 0.6 is 11.3 Å². The number of carbonyl (C=O) groups excluding carboxylic acids is 2. The normalized spacial score (nSPS) is 12.1. The third kappa shape index (κ3) is 3.16. The van der Waals surface area contributed by atoms with Gasteiger partial charge in [0, 0.05) is 17.2 Å². The van der Waals surface area contributed by atoms with Crippen molar-refractivity contribution >= 4 is 38.9 Å². The van der Waals surface area contributed by atoms with Crippen molar-refractivity contribution in [3.05, 3.63) is 23.1 Å². The Bertz CT molecular complexity index is 692. The van der Waals surface area contributed by atoms with Gasteiger partial charge in [-0.2, -0.15) is 0 Å². The van der Waals surface area contributed by atoms with Crippen molar-refractivity contribution in [2.75, 3.05) is 20.0 Å². The largest absolute Gasteiger partial charge is 0.495 e. The first kappa shape index (κ1) is 15.3. The van der Waals surface area contributed by atoms with E-state index in [-0.39, 0.29) is 18.2 Å². The van der Waals surface area contributed by atoms with Crippen LogP contribution in [0.3, 0.4) is 0 Å². The molecule has 2 N–H and O–H groups in total. The number of anilines is 1. The lowest BCUT2D eigenvalue weighted by molar-refractivity contribution is -0.144. The van der Waals surface area contributed by atoms with Crippen LogP contribution in [-0.2, 0) is 9.53 Å². The van der Waals surface area contributed by atoms with Gasteiger partial charge in [-0.05, 0) is 17.5 Å². The van der Waals surface area contributed by atoms with Crippen molar-refractivity contribution in [3.63, 3.8) is 0 Å². The summed E-state index contributed by atoms with van der Waals surface area (Å²) in [6.45, 7) is 1.68. The van der Waals surface area contributed by atoms with Crippen LogP contribution in [0.25, 0.3) is 10.1 Å². The Balaban J connectivity index is 2.26. The highest BCUT2D eigenvalue weighted by Gasteiger charge is 2.20. The molecule has 0 aliphatic carbocycles. The van der Waals surface area contributed by atoms with Crippen molar-refractivity contribution in [1.82, 2.24) is 0 Å². The Morgan fingerprint density at radius 2 is 2.00 bits per heavy atom. The number of carbonyl (C=O) groups is 2. The zero-order valence-corrected chi connectivity index (χ0v) is 13.0. The fourth-order valence-electron chi connectivity index (χ4n) is 2.06. The molecule has 6 heteroatoms. The summed E-state index contributed by atoms with van der Waals surface area (Å²) in [7, 11) is 2.87. The van der Waals surface area contributed by atoms with Crippen LogP contribution in [-0.4, -0.2) is 26.0 Å². The summed E-state index contributed by atoms with van der Waals surface area (Å²) in [5.74, 6) is -0.319. The minimum Gasteiger partial charge on any atom is -0.495 e.